The molecule has 4 heteroatoms. The predicted octanol–water partition coefficient (Wildman–Crippen LogP) is 0.609. The SMILES string of the molecule is CN1CCN(Cc2cc(N)co2)CC1. The molecule has 2 rings (SSSR count). The van der Waals surface area contributed by atoms with Crippen LogP contribution in [0.25, 0.3) is 0 Å². The van der Waals surface area contributed by atoms with Crippen LogP contribution < -0.4 is 5.73 Å². The molecule has 1 aliphatic rings. The third kappa shape index (κ3) is 2.27. The van der Waals surface area contributed by atoms with Crippen molar-refractivity contribution in [3.63, 3.8) is 0 Å². The second-order valence-corrected chi connectivity index (χ2v) is 3.93. The Morgan fingerprint density at radius 2 is 2.07 bits per heavy atom. The molecular weight excluding hydrogens is 178 g/mol. The van der Waals surface area contributed by atoms with Gasteiger partial charge in [-0.1, -0.05) is 0 Å². The highest BCUT2D eigenvalue weighted by Gasteiger charge is 2.14. The summed E-state index contributed by atoms with van der Waals surface area (Å²) < 4.78 is 5.31. The number of likely N-dealkylation sites (N-methyl/N-ethyl adjacent to an activating group) is 1. The Balaban J connectivity index is 1.86. The summed E-state index contributed by atoms with van der Waals surface area (Å²) in [6.45, 7) is 5.37. The Hall–Kier alpha value is -1.00. The van der Waals surface area contributed by atoms with Crippen LogP contribution in [0.3, 0.4) is 0 Å². The number of piperazine rings is 1. The maximum atomic E-state index is 5.59. The molecule has 1 aliphatic heterocycles. The van der Waals surface area contributed by atoms with E-state index in [1.54, 1.807) is 6.26 Å². The Labute approximate surface area is 84.3 Å². The first-order chi connectivity index (χ1) is 6.74. The van der Waals surface area contributed by atoms with Crippen molar-refractivity contribution in [2.75, 3.05) is 39.0 Å². The molecule has 78 valence electrons. The van der Waals surface area contributed by atoms with E-state index >= 15 is 0 Å². The van der Waals surface area contributed by atoms with Crippen LogP contribution in [-0.4, -0.2) is 43.0 Å². The normalized spacial score (nSPS) is 20.1. The van der Waals surface area contributed by atoms with Crippen molar-refractivity contribution < 1.29 is 4.42 Å². The van der Waals surface area contributed by atoms with E-state index in [9.17, 15) is 0 Å². The molecule has 1 aromatic rings. The zero-order valence-corrected chi connectivity index (χ0v) is 8.57. The number of nitrogens with two attached hydrogens (primary N) is 1. The molecule has 4 nitrogen and oxygen atoms in total. The molecule has 1 aromatic heterocycles. The number of rotatable bonds is 2. The van der Waals surface area contributed by atoms with Gasteiger partial charge in [0, 0.05) is 32.2 Å². The Kier molecular flexibility index (Phi) is 2.74. The maximum absolute atomic E-state index is 5.59. The molecule has 14 heavy (non-hydrogen) atoms. The lowest BCUT2D eigenvalue weighted by Crippen LogP contribution is -2.43. The van der Waals surface area contributed by atoms with E-state index in [1.807, 2.05) is 6.07 Å². The third-order valence-electron chi connectivity index (χ3n) is 2.65. The van der Waals surface area contributed by atoms with Crippen molar-refractivity contribution in [3.8, 4) is 0 Å². The number of furan rings is 1. The van der Waals surface area contributed by atoms with Gasteiger partial charge in [-0.2, -0.15) is 0 Å². The van der Waals surface area contributed by atoms with Crippen molar-refractivity contribution in [3.05, 3.63) is 18.1 Å². The van der Waals surface area contributed by atoms with E-state index < -0.39 is 0 Å². The quantitative estimate of drug-likeness (QED) is 0.751. The van der Waals surface area contributed by atoms with Crippen LogP contribution in [0.2, 0.25) is 0 Å². The summed E-state index contributed by atoms with van der Waals surface area (Å²) in [5.74, 6) is 0.965. The van der Waals surface area contributed by atoms with Gasteiger partial charge < -0.3 is 15.1 Å². The Bertz CT molecular complexity index is 289. The first-order valence-electron chi connectivity index (χ1n) is 4.98. The summed E-state index contributed by atoms with van der Waals surface area (Å²) in [7, 11) is 2.15. The van der Waals surface area contributed by atoms with Crippen molar-refractivity contribution in [2.24, 2.45) is 0 Å². The minimum absolute atomic E-state index is 0.717. The topological polar surface area (TPSA) is 45.6 Å². The second-order valence-electron chi connectivity index (χ2n) is 3.93. The summed E-state index contributed by atoms with van der Waals surface area (Å²) in [4.78, 5) is 4.73. The number of anilines is 1. The average molecular weight is 195 g/mol. The van der Waals surface area contributed by atoms with E-state index in [2.05, 4.69) is 16.8 Å². The molecule has 1 saturated heterocycles. The lowest BCUT2D eigenvalue weighted by atomic mass is 10.3. The molecule has 0 aromatic carbocycles. The van der Waals surface area contributed by atoms with Crippen molar-refractivity contribution in [1.29, 1.82) is 0 Å². The first-order valence-corrected chi connectivity index (χ1v) is 4.98. The summed E-state index contributed by atoms with van der Waals surface area (Å²) in [5.41, 5.74) is 6.30. The molecular formula is C10H17N3O. The summed E-state index contributed by atoms with van der Waals surface area (Å²) in [6.07, 6.45) is 1.60. The molecule has 2 heterocycles. The molecule has 0 saturated carbocycles. The maximum Gasteiger partial charge on any atom is 0.119 e. The molecule has 0 amide bonds. The highest BCUT2D eigenvalue weighted by Crippen LogP contribution is 2.12. The van der Waals surface area contributed by atoms with E-state index in [1.165, 1.54) is 0 Å². The van der Waals surface area contributed by atoms with Crippen molar-refractivity contribution in [1.82, 2.24) is 9.80 Å². The summed E-state index contributed by atoms with van der Waals surface area (Å²) in [5, 5.41) is 0. The van der Waals surface area contributed by atoms with Gasteiger partial charge in [-0.15, -0.1) is 0 Å². The molecule has 0 unspecified atom stereocenters. The minimum atomic E-state index is 0.717. The van der Waals surface area contributed by atoms with Crippen LogP contribution in [0.1, 0.15) is 5.76 Å². The van der Waals surface area contributed by atoms with Crippen LogP contribution in [0.5, 0.6) is 0 Å². The third-order valence-corrected chi connectivity index (χ3v) is 2.65. The first kappa shape index (κ1) is 9.55. The van der Waals surface area contributed by atoms with Gasteiger partial charge in [0.2, 0.25) is 0 Å². The van der Waals surface area contributed by atoms with E-state index in [0.717, 1.165) is 38.5 Å². The van der Waals surface area contributed by atoms with Crippen LogP contribution in [0.15, 0.2) is 16.7 Å². The van der Waals surface area contributed by atoms with Gasteiger partial charge in [-0.05, 0) is 7.05 Å². The van der Waals surface area contributed by atoms with Gasteiger partial charge >= 0.3 is 0 Å². The smallest absolute Gasteiger partial charge is 0.119 e. The average Bonchev–Trinajstić information content (AvgIpc) is 2.56. The molecule has 2 N–H and O–H groups in total. The molecule has 0 spiro atoms. The minimum Gasteiger partial charge on any atom is -0.466 e. The van der Waals surface area contributed by atoms with Gasteiger partial charge in [-0.25, -0.2) is 0 Å². The van der Waals surface area contributed by atoms with Gasteiger partial charge in [0.25, 0.3) is 0 Å². The molecule has 1 fully saturated rings. The number of nitrogens with zero attached hydrogens (tertiary/aromatic N) is 2. The van der Waals surface area contributed by atoms with Gasteiger partial charge in [0.1, 0.15) is 12.0 Å². The van der Waals surface area contributed by atoms with Crippen LogP contribution in [0, 0.1) is 0 Å². The van der Waals surface area contributed by atoms with Crippen LogP contribution >= 0.6 is 0 Å². The van der Waals surface area contributed by atoms with Gasteiger partial charge in [0.15, 0.2) is 0 Å². The zero-order chi connectivity index (χ0) is 9.97. The number of nitrogen functional groups attached to an aromatic ring is 1. The van der Waals surface area contributed by atoms with Crippen LogP contribution in [0.4, 0.5) is 5.69 Å². The Morgan fingerprint density at radius 1 is 1.36 bits per heavy atom. The van der Waals surface area contributed by atoms with E-state index in [-0.39, 0.29) is 0 Å². The standard InChI is InChI=1S/C10H17N3O/c1-12-2-4-13(5-3-12)7-10-6-9(11)8-14-10/h6,8H,2-5,7,11H2,1H3. The fraction of sp³-hybridized carbons (Fsp3) is 0.600. The van der Waals surface area contributed by atoms with Crippen LogP contribution in [-0.2, 0) is 6.54 Å². The number of hydrogen-bond donors (Lipinski definition) is 1. The van der Waals surface area contributed by atoms with E-state index in [0.29, 0.717) is 5.69 Å². The predicted molar refractivity (Wildman–Crippen MR) is 55.9 cm³/mol. The molecule has 0 bridgehead atoms. The molecule has 0 radical (unpaired) electrons. The lowest BCUT2D eigenvalue weighted by Gasteiger charge is -2.31. The van der Waals surface area contributed by atoms with E-state index in [4.69, 9.17) is 10.2 Å². The highest BCUT2D eigenvalue weighted by atomic mass is 16.3. The zero-order valence-electron chi connectivity index (χ0n) is 8.57. The highest BCUT2D eigenvalue weighted by molar-refractivity contribution is 5.34. The Morgan fingerprint density at radius 3 is 2.64 bits per heavy atom. The lowest BCUT2D eigenvalue weighted by molar-refractivity contribution is 0.140. The van der Waals surface area contributed by atoms with Gasteiger partial charge in [-0.3, -0.25) is 4.90 Å². The molecule has 0 aliphatic carbocycles. The monoisotopic (exact) mass is 195 g/mol. The summed E-state index contributed by atoms with van der Waals surface area (Å²) >= 11 is 0. The van der Waals surface area contributed by atoms with Crippen molar-refractivity contribution in [2.45, 2.75) is 6.54 Å². The largest absolute Gasteiger partial charge is 0.466 e. The second kappa shape index (κ2) is 4.02. The fourth-order valence-electron chi connectivity index (χ4n) is 1.71. The summed E-state index contributed by atoms with van der Waals surface area (Å²) in [6, 6.07) is 1.90. The van der Waals surface area contributed by atoms with Gasteiger partial charge in [0.05, 0.1) is 12.2 Å². The number of hydrogen-bond acceptors (Lipinski definition) is 4. The van der Waals surface area contributed by atoms with Crippen molar-refractivity contribution >= 4 is 5.69 Å². The fourth-order valence-corrected chi connectivity index (χ4v) is 1.71. The molecule has 0 atom stereocenters.